The van der Waals surface area contributed by atoms with E-state index in [9.17, 15) is 0 Å². The third kappa shape index (κ3) is 2.99. The predicted octanol–water partition coefficient (Wildman–Crippen LogP) is 2.44. The molecule has 1 saturated heterocycles. The van der Waals surface area contributed by atoms with Crippen LogP contribution in [0.5, 0.6) is 5.75 Å². The number of nitrogens with zero attached hydrogens (tertiary/aromatic N) is 1. The summed E-state index contributed by atoms with van der Waals surface area (Å²) >= 11 is 0. The van der Waals surface area contributed by atoms with Crippen molar-refractivity contribution in [1.82, 2.24) is 10.2 Å². The fourth-order valence-electron chi connectivity index (χ4n) is 3.42. The van der Waals surface area contributed by atoms with Crippen LogP contribution in [0.2, 0.25) is 0 Å². The van der Waals surface area contributed by atoms with E-state index >= 15 is 0 Å². The Hall–Kier alpha value is -1.06. The van der Waals surface area contributed by atoms with Gasteiger partial charge in [0.05, 0.1) is 0 Å². The molecule has 2 aliphatic heterocycles. The topological polar surface area (TPSA) is 24.5 Å². The van der Waals surface area contributed by atoms with Crippen LogP contribution in [0.1, 0.15) is 31.4 Å². The van der Waals surface area contributed by atoms with E-state index in [1.165, 1.54) is 30.6 Å². The van der Waals surface area contributed by atoms with Crippen LogP contribution >= 0.6 is 0 Å². The molecule has 1 aromatic carbocycles. The van der Waals surface area contributed by atoms with Gasteiger partial charge in [0.25, 0.3) is 0 Å². The molecule has 1 N–H and O–H groups in total. The molecule has 0 saturated carbocycles. The van der Waals surface area contributed by atoms with Crippen LogP contribution in [-0.2, 0) is 13.0 Å². The summed E-state index contributed by atoms with van der Waals surface area (Å²) in [6.45, 7) is 8.82. The zero-order chi connectivity index (χ0) is 14.2. The van der Waals surface area contributed by atoms with Crippen molar-refractivity contribution in [3.8, 4) is 5.75 Å². The highest BCUT2D eigenvalue weighted by Gasteiger charge is 2.31. The number of para-hydroxylation sites is 1. The van der Waals surface area contributed by atoms with Crippen LogP contribution in [0.4, 0.5) is 0 Å². The zero-order valence-corrected chi connectivity index (χ0v) is 12.9. The van der Waals surface area contributed by atoms with Gasteiger partial charge in [-0.15, -0.1) is 0 Å². The Labute approximate surface area is 122 Å². The monoisotopic (exact) mass is 274 g/mol. The maximum atomic E-state index is 6.12. The van der Waals surface area contributed by atoms with Gasteiger partial charge in [0.2, 0.25) is 0 Å². The van der Waals surface area contributed by atoms with Gasteiger partial charge in [-0.05, 0) is 51.9 Å². The first-order valence-electron chi connectivity index (χ1n) is 7.72. The smallest absolute Gasteiger partial charge is 0.127 e. The Morgan fingerprint density at radius 1 is 1.40 bits per heavy atom. The second-order valence-corrected chi connectivity index (χ2v) is 6.99. The molecule has 20 heavy (non-hydrogen) atoms. The lowest BCUT2D eigenvalue weighted by atomic mass is 10.0. The standard InChI is InChI=1S/C17H26N2O/c1-17(2)9-14-5-4-6-15(16(14)20-17)11-18-10-13-7-8-19(3)12-13/h4-6,13,18H,7-12H2,1-3H3. The third-order valence-corrected chi connectivity index (χ3v) is 4.41. The Balaban J connectivity index is 1.58. The van der Waals surface area contributed by atoms with Gasteiger partial charge < -0.3 is 15.0 Å². The van der Waals surface area contributed by atoms with Crippen molar-refractivity contribution in [2.45, 2.75) is 38.8 Å². The van der Waals surface area contributed by atoms with E-state index in [1.807, 2.05) is 0 Å². The number of ether oxygens (including phenoxy) is 1. The van der Waals surface area contributed by atoms with E-state index in [0.717, 1.165) is 31.2 Å². The average molecular weight is 274 g/mol. The highest BCUT2D eigenvalue weighted by Crippen LogP contribution is 2.37. The number of likely N-dealkylation sites (tertiary alicyclic amines) is 1. The van der Waals surface area contributed by atoms with Crippen molar-refractivity contribution in [2.24, 2.45) is 5.92 Å². The number of hydrogen-bond donors (Lipinski definition) is 1. The van der Waals surface area contributed by atoms with Crippen molar-refractivity contribution in [3.63, 3.8) is 0 Å². The SMILES string of the molecule is CN1CCC(CNCc2cccc3c2OC(C)(C)C3)C1. The lowest BCUT2D eigenvalue weighted by Crippen LogP contribution is -2.26. The highest BCUT2D eigenvalue weighted by atomic mass is 16.5. The average Bonchev–Trinajstić information content (AvgIpc) is 2.91. The molecule has 3 rings (SSSR count). The lowest BCUT2D eigenvalue weighted by molar-refractivity contribution is 0.137. The summed E-state index contributed by atoms with van der Waals surface area (Å²) in [5, 5.41) is 3.61. The molecule has 3 nitrogen and oxygen atoms in total. The van der Waals surface area contributed by atoms with E-state index in [2.05, 4.69) is 49.3 Å². The molecule has 2 aliphatic rings. The van der Waals surface area contributed by atoms with Gasteiger partial charge >= 0.3 is 0 Å². The van der Waals surface area contributed by atoms with E-state index in [4.69, 9.17) is 4.74 Å². The molecule has 2 heterocycles. The molecule has 1 atom stereocenters. The molecule has 0 amide bonds. The van der Waals surface area contributed by atoms with Crippen LogP contribution in [0.15, 0.2) is 18.2 Å². The minimum Gasteiger partial charge on any atom is -0.487 e. The van der Waals surface area contributed by atoms with E-state index in [-0.39, 0.29) is 5.60 Å². The summed E-state index contributed by atoms with van der Waals surface area (Å²) in [4.78, 5) is 2.41. The molecule has 110 valence electrons. The lowest BCUT2D eigenvalue weighted by Gasteiger charge is -2.18. The van der Waals surface area contributed by atoms with Crippen molar-refractivity contribution in [2.75, 3.05) is 26.7 Å². The minimum atomic E-state index is -0.0490. The molecule has 1 fully saturated rings. The maximum absolute atomic E-state index is 6.12. The quantitative estimate of drug-likeness (QED) is 0.912. The predicted molar refractivity (Wildman–Crippen MR) is 82.2 cm³/mol. The fourth-order valence-corrected chi connectivity index (χ4v) is 3.42. The second-order valence-electron chi connectivity index (χ2n) is 6.99. The summed E-state index contributed by atoms with van der Waals surface area (Å²) in [5.41, 5.74) is 2.61. The largest absolute Gasteiger partial charge is 0.487 e. The van der Waals surface area contributed by atoms with Gasteiger partial charge in [-0.25, -0.2) is 0 Å². The van der Waals surface area contributed by atoms with Crippen molar-refractivity contribution < 1.29 is 4.74 Å². The fraction of sp³-hybridized carbons (Fsp3) is 0.647. The molecule has 0 aromatic heterocycles. The van der Waals surface area contributed by atoms with E-state index in [1.54, 1.807) is 0 Å². The number of rotatable bonds is 4. The number of benzene rings is 1. The van der Waals surface area contributed by atoms with Crippen molar-refractivity contribution in [1.29, 1.82) is 0 Å². The van der Waals surface area contributed by atoms with Crippen LogP contribution in [0, 0.1) is 5.92 Å². The van der Waals surface area contributed by atoms with Crippen LogP contribution in [-0.4, -0.2) is 37.2 Å². The highest BCUT2D eigenvalue weighted by molar-refractivity contribution is 5.45. The summed E-state index contributed by atoms with van der Waals surface area (Å²) in [7, 11) is 2.21. The number of nitrogens with one attached hydrogen (secondary N) is 1. The van der Waals surface area contributed by atoms with Crippen molar-refractivity contribution >= 4 is 0 Å². The Morgan fingerprint density at radius 3 is 3.00 bits per heavy atom. The molecular weight excluding hydrogens is 248 g/mol. The van der Waals surface area contributed by atoms with Crippen LogP contribution in [0.3, 0.4) is 0 Å². The molecule has 1 unspecified atom stereocenters. The molecule has 0 spiro atoms. The van der Waals surface area contributed by atoms with Gasteiger partial charge in [0.1, 0.15) is 11.4 Å². The molecule has 3 heteroatoms. The number of fused-ring (bicyclic) bond motifs is 1. The first-order valence-corrected chi connectivity index (χ1v) is 7.72. The molecule has 1 aromatic rings. The molecule has 0 aliphatic carbocycles. The maximum Gasteiger partial charge on any atom is 0.127 e. The van der Waals surface area contributed by atoms with Gasteiger partial charge in [0.15, 0.2) is 0 Å². The Kier molecular flexibility index (Phi) is 3.74. The molecule has 0 bridgehead atoms. The normalized spacial score (nSPS) is 24.6. The van der Waals surface area contributed by atoms with Gasteiger partial charge in [-0.1, -0.05) is 18.2 Å². The van der Waals surface area contributed by atoms with Crippen molar-refractivity contribution in [3.05, 3.63) is 29.3 Å². The second kappa shape index (κ2) is 5.38. The Bertz CT molecular complexity index is 484. The summed E-state index contributed by atoms with van der Waals surface area (Å²) in [5.74, 6) is 1.92. The Morgan fingerprint density at radius 2 is 2.25 bits per heavy atom. The number of hydrogen-bond acceptors (Lipinski definition) is 3. The first kappa shape index (κ1) is 13.9. The summed E-state index contributed by atoms with van der Waals surface area (Å²) in [6, 6.07) is 6.54. The van der Waals surface area contributed by atoms with E-state index < -0.39 is 0 Å². The van der Waals surface area contributed by atoms with Gasteiger partial charge in [-0.3, -0.25) is 0 Å². The van der Waals surface area contributed by atoms with Gasteiger partial charge in [0, 0.05) is 25.1 Å². The summed E-state index contributed by atoms with van der Waals surface area (Å²) in [6.07, 6.45) is 2.34. The van der Waals surface area contributed by atoms with Crippen LogP contribution in [0.25, 0.3) is 0 Å². The zero-order valence-electron chi connectivity index (χ0n) is 12.9. The van der Waals surface area contributed by atoms with Crippen LogP contribution < -0.4 is 10.1 Å². The summed E-state index contributed by atoms with van der Waals surface area (Å²) < 4.78 is 6.12. The van der Waals surface area contributed by atoms with Gasteiger partial charge in [-0.2, -0.15) is 0 Å². The first-order chi connectivity index (χ1) is 9.53. The molecule has 0 radical (unpaired) electrons. The third-order valence-electron chi connectivity index (χ3n) is 4.41. The van der Waals surface area contributed by atoms with E-state index in [0.29, 0.717) is 0 Å². The molecular formula is C17H26N2O. The minimum absolute atomic E-state index is 0.0490.